The van der Waals surface area contributed by atoms with Crippen LogP contribution in [0.15, 0.2) is 42.5 Å². The Morgan fingerprint density at radius 3 is 2.68 bits per heavy atom. The topological polar surface area (TPSA) is 59.3 Å². The maximum atomic E-state index is 10.7. The molecule has 0 radical (unpaired) electrons. The van der Waals surface area contributed by atoms with E-state index < -0.39 is 0 Å². The van der Waals surface area contributed by atoms with Crippen LogP contribution in [0.1, 0.15) is 15.9 Å². The first kappa shape index (κ1) is 12.7. The Kier molecular flexibility index (Phi) is 3.79. The molecule has 19 heavy (non-hydrogen) atoms. The third-order valence-electron chi connectivity index (χ3n) is 2.51. The lowest BCUT2D eigenvalue weighted by atomic mass is 10.2. The predicted octanol–water partition coefficient (Wildman–Crippen LogP) is 3.17. The molecule has 0 aliphatic heterocycles. The first-order chi connectivity index (χ1) is 9.26. The number of carbonyl (C=O) groups is 1. The van der Waals surface area contributed by atoms with Crippen molar-refractivity contribution >= 4 is 6.29 Å². The van der Waals surface area contributed by atoms with Gasteiger partial charge in [0.05, 0.1) is 18.7 Å². The van der Waals surface area contributed by atoms with Gasteiger partial charge < -0.3 is 9.47 Å². The number of carbonyl (C=O) groups excluding carboxylic acids is 1. The van der Waals surface area contributed by atoms with Gasteiger partial charge >= 0.3 is 0 Å². The van der Waals surface area contributed by atoms with Gasteiger partial charge in [0.15, 0.2) is 11.5 Å². The lowest BCUT2D eigenvalue weighted by molar-refractivity contribution is 0.112. The third-order valence-corrected chi connectivity index (χ3v) is 2.51. The standard InChI is InChI=1S/C15H11NO3/c1-18-15-8-11(9-16)5-6-14(15)19-13-4-2-3-12(7-13)10-17/h2-8,10H,1H3. The molecule has 0 aliphatic carbocycles. The second kappa shape index (κ2) is 5.69. The van der Waals surface area contributed by atoms with Gasteiger partial charge in [0.1, 0.15) is 12.0 Å². The van der Waals surface area contributed by atoms with E-state index in [-0.39, 0.29) is 0 Å². The summed E-state index contributed by atoms with van der Waals surface area (Å²) in [6.07, 6.45) is 0.753. The maximum Gasteiger partial charge on any atom is 0.169 e. The van der Waals surface area contributed by atoms with Gasteiger partial charge in [-0.1, -0.05) is 12.1 Å². The Balaban J connectivity index is 2.32. The number of nitriles is 1. The summed E-state index contributed by atoms with van der Waals surface area (Å²) in [7, 11) is 1.51. The molecule has 0 bridgehead atoms. The summed E-state index contributed by atoms with van der Waals surface area (Å²) >= 11 is 0. The molecule has 94 valence electrons. The molecule has 0 unspecified atom stereocenters. The molecule has 4 heteroatoms. The molecule has 2 rings (SSSR count). The van der Waals surface area contributed by atoms with Crippen LogP contribution >= 0.6 is 0 Å². The van der Waals surface area contributed by atoms with Crippen molar-refractivity contribution in [2.75, 3.05) is 7.11 Å². The number of benzene rings is 2. The Morgan fingerprint density at radius 1 is 1.16 bits per heavy atom. The van der Waals surface area contributed by atoms with E-state index >= 15 is 0 Å². The Hall–Kier alpha value is -2.80. The minimum absolute atomic E-state index is 0.468. The van der Waals surface area contributed by atoms with Gasteiger partial charge in [-0.3, -0.25) is 4.79 Å². The molecule has 0 aliphatic rings. The minimum Gasteiger partial charge on any atom is -0.493 e. The Bertz CT molecular complexity index is 644. The molecule has 0 fully saturated rings. The van der Waals surface area contributed by atoms with Crippen molar-refractivity contribution < 1.29 is 14.3 Å². The Morgan fingerprint density at radius 2 is 2.00 bits per heavy atom. The SMILES string of the molecule is COc1cc(C#N)ccc1Oc1cccc(C=O)c1. The highest BCUT2D eigenvalue weighted by Gasteiger charge is 2.07. The lowest BCUT2D eigenvalue weighted by Gasteiger charge is -2.10. The van der Waals surface area contributed by atoms with E-state index in [4.69, 9.17) is 14.7 Å². The predicted molar refractivity (Wildman–Crippen MR) is 69.6 cm³/mol. The van der Waals surface area contributed by atoms with Crippen LogP contribution in [0.2, 0.25) is 0 Å². The van der Waals surface area contributed by atoms with Crippen LogP contribution < -0.4 is 9.47 Å². The molecule has 0 amide bonds. The van der Waals surface area contributed by atoms with Crippen molar-refractivity contribution in [2.45, 2.75) is 0 Å². The average Bonchev–Trinajstić information content (AvgIpc) is 2.48. The highest BCUT2D eigenvalue weighted by Crippen LogP contribution is 2.32. The van der Waals surface area contributed by atoms with E-state index in [2.05, 4.69) is 0 Å². The molecular formula is C15H11NO3. The first-order valence-electron chi connectivity index (χ1n) is 5.58. The van der Waals surface area contributed by atoms with Crippen LogP contribution in [0.5, 0.6) is 17.2 Å². The van der Waals surface area contributed by atoms with Gasteiger partial charge in [-0.15, -0.1) is 0 Å². The summed E-state index contributed by atoms with van der Waals surface area (Å²) in [6.45, 7) is 0. The monoisotopic (exact) mass is 253 g/mol. The van der Waals surface area contributed by atoms with E-state index in [0.29, 0.717) is 28.4 Å². The summed E-state index contributed by atoms with van der Waals surface area (Å²) in [5.74, 6) is 1.49. The number of nitrogens with zero attached hydrogens (tertiary/aromatic N) is 1. The number of hydrogen-bond donors (Lipinski definition) is 0. The van der Waals surface area contributed by atoms with Crippen molar-refractivity contribution in [1.29, 1.82) is 5.26 Å². The summed E-state index contributed by atoms with van der Waals surface area (Å²) < 4.78 is 10.8. The summed E-state index contributed by atoms with van der Waals surface area (Å²) in [5, 5.41) is 8.82. The highest BCUT2D eigenvalue weighted by atomic mass is 16.5. The van der Waals surface area contributed by atoms with Crippen LogP contribution in [-0.2, 0) is 0 Å². The molecule has 0 N–H and O–H groups in total. The zero-order valence-electron chi connectivity index (χ0n) is 10.3. The summed E-state index contributed by atoms with van der Waals surface area (Å²) in [4.78, 5) is 10.7. The van der Waals surface area contributed by atoms with Crippen LogP contribution in [0.25, 0.3) is 0 Å². The van der Waals surface area contributed by atoms with Gasteiger partial charge in [-0.2, -0.15) is 5.26 Å². The minimum atomic E-state index is 0.468. The lowest BCUT2D eigenvalue weighted by Crippen LogP contribution is -1.92. The van der Waals surface area contributed by atoms with E-state index in [1.54, 1.807) is 42.5 Å². The first-order valence-corrected chi connectivity index (χ1v) is 5.58. The molecule has 0 heterocycles. The zero-order valence-corrected chi connectivity index (χ0v) is 10.3. The Labute approximate surface area is 110 Å². The average molecular weight is 253 g/mol. The molecule has 4 nitrogen and oxygen atoms in total. The molecule has 2 aromatic carbocycles. The fourth-order valence-electron chi connectivity index (χ4n) is 1.60. The molecule has 0 aromatic heterocycles. The number of ether oxygens (including phenoxy) is 2. The highest BCUT2D eigenvalue weighted by molar-refractivity contribution is 5.75. The van der Waals surface area contributed by atoms with E-state index in [1.165, 1.54) is 7.11 Å². The smallest absolute Gasteiger partial charge is 0.169 e. The van der Waals surface area contributed by atoms with Crippen molar-refractivity contribution in [2.24, 2.45) is 0 Å². The fourth-order valence-corrected chi connectivity index (χ4v) is 1.60. The number of aldehydes is 1. The maximum absolute atomic E-state index is 10.7. The van der Waals surface area contributed by atoms with Crippen molar-refractivity contribution in [3.05, 3.63) is 53.6 Å². The van der Waals surface area contributed by atoms with E-state index in [0.717, 1.165) is 6.29 Å². The number of rotatable bonds is 4. The van der Waals surface area contributed by atoms with Crippen LogP contribution in [0.4, 0.5) is 0 Å². The van der Waals surface area contributed by atoms with Crippen molar-refractivity contribution in [3.8, 4) is 23.3 Å². The molecular weight excluding hydrogens is 242 g/mol. The van der Waals surface area contributed by atoms with Crippen LogP contribution in [0, 0.1) is 11.3 Å². The van der Waals surface area contributed by atoms with Crippen LogP contribution in [-0.4, -0.2) is 13.4 Å². The van der Waals surface area contributed by atoms with Gasteiger partial charge in [0, 0.05) is 11.6 Å². The second-order valence-corrected chi connectivity index (χ2v) is 3.77. The van der Waals surface area contributed by atoms with Gasteiger partial charge in [0.25, 0.3) is 0 Å². The molecule has 0 saturated heterocycles. The fraction of sp³-hybridized carbons (Fsp3) is 0.0667. The quantitative estimate of drug-likeness (QED) is 0.785. The van der Waals surface area contributed by atoms with Crippen molar-refractivity contribution in [3.63, 3.8) is 0 Å². The van der Waals surface area contributed by atoms with E-state index in [9.17, 15) is 4.79 Å². The zero-order chi connectivity index (χ0) is 13.7. The third kappa shape index (κ3) is 2.90. The van der Waals surface area contributed by atoms with E-state index in [1.807, 2.05) is 6.07 Å². The number of methoxy groups -OCH3 is 1. The molecule has 2 aromatic rings. The number of hydrogen-bond acceptors (Lipinski definition) is 4. The molecule has 0 spiro atoms. The van der Waals surface area contributed by atoms with Crippen molar-refractivity contribution in [1.82, 2.24) is 0 Å². The normalized spacial score (nSPS) is 9.47. The summed E-state index contributed by atoms with van der Waals surface area (Å²) in [6, 6.07) is 13.7. The molecule has 0 atom stereocenters. The van der Waals surface area contributed by atoms with Gasteiger partial charge in [0.2, 0.25) is 0 Å². The summed E-state index contributed by atoms with van der Waals surface area (Å²) in [5.41, 5.74) is 1.02. The van der Waals surface area contributed by atoms with Gasteiger partial charge in [-0.05, 0) is 24.3 Å². The van der Waals surface area contributed by atoms with Crippen LogP contribution in [0.3, 0.4) is 0 Å². The largest absolute Gasteiger partial charge is 0.493 e. The van der Waals surface area contributed by atoms with Gasteiger partial charge in [-0.25, -0.2) is 0 Å². The second-order valence-electron chi connectivity index (χ2n) is 3.77. The molecule has 0 saturated carbocycles.